The number of carbonyl (C=O) groups excluding carboxylic acids is 1. The number of methoxy groups -OCH3 is 1. The van der Waals surface area contributed by atoms with Crippen LogP contribution in [0.15, 0.2) is 24.3 Å². The molecule has 0 saturated heterocycles. The van der Waals surface area contributed by atoms with E-state index < -0.39 is 5.97 Å². The molecule has 0 spiro atoms. The number of hydrogen-bond donors (Lipinski definition) is 0. The Morgan fingerprint density at radius 1 is 1.32 bits per heavy atom. The van der Waals surface area contributed by atoms with Crippen molar-refractivity contribution in [2.75, 3.05) is 7.11 Å². The Bertz CT molecular complexity index is 430. The van der Waals surface area contributed by atoms with Crippen LogP contribution in [0.25, 0.3) is 0 Å². The minimum Gasteiger partial charge on any atom is -0.496 e. The van der Waals surface area contributed by atoms with Gasteiger partial charge in [-0.15, -0.1) is 0 Å². The number of hydrogen-bond acceptors (Lipinski definition) is 4. The molecule has 1 aliphatic carbocycles. The van der Waals surface area contributed by atoms with E-state index in [1.165, 1.54) is 13.5 Å². The lowest BCUT2D eigenvalue weighted by atomic mass is 9.89. The third-order valence-corrected chi connectivity index (χ3v) is 3.29. The smallest absolute Gasteiger partial charge is 0.376 e. The van der Waals surface area contributed by atoms with Gasteiger partial charge in [0, 0.05) is 0 Å². The number of benzene rings is 1. The van der Waals surface area contributed by atoms with Crippen molar-refractivity contribution in [3.05, 3.63) is 35.9 Å². The molecule has 4 nitrogen and oxygen atoms in total. The van der Waals surface area contributed by atoms with Gasteiger partial charge in [-0.05, 0) is 30.9 Å². The van der Waals surface area contributed by atoms with Crippen LogP contribution in [0.5, 0.6) is 5.75 Å². The van der Waals surface area contributed by atoms with Crippen molar-refractivity contribution in [2.45, 2.75) is 32.6 Å². The lowest BCUT2D eigenvalue weighted by molar-refractivity contribution is -0.241. The summed E-state index contributed by atoms with van der Waals surface area (Å²) in [5.41, 5.74) is 0.370. The molecule has 103 valence electrons. The van der Waals surface area contributed by atoms with Crippen molar-refractivity contribution in [3.8, 4) is 5.75 Å². The van der Waals surface area contributed by atoms with E-state index in [-0.39, 0.29) is 0 Å². The van der Waals surface area contributed by atoms with Gasteiger partial charge in [0.05, 0.1) is 7.11 Å². The zero-order valence-electron chi connectivity index (χ0n) is 11.3. The van der Waals surface area contributed by atoms with E-state index >= 15 is 0 Å². The molecule has 1 aliphatic rings. The molecule has 1 fully saturated rings. The number of para-hydroxylation sites is 1. The van der Waals surface area contributed by atoms with Gasteiger partial charge >= 0.3 is 5.97 Å². The highest BCUT2D eigenvalue weighted by atomic mass is 17.2. The van der Waals surface area contributed by atoms with Gasteiger partial charge in [-0.3, -0.25) is 4.89 Å². The fraction of sp³-hybridized carbons (Fsp3) is 0.467. The van der Waals surface area contributed by atoms with Crippen LogP contribution in [0.4, 0.5) is 0 Å². The van der Waals surface area contributed by atoms with Crippen molar-refractivity contribution in [3.63, 3.8) is 0 Å². The maximum Gasteiger partial charge on any atom is 0.376 e. The summed E-state index contributed by atoms with van der Waals surface area (Å²) in [6.07, 6.45) is 4.86. The lowest BCUT2D eigenvalue weighted by Gasteiger charge is -2.23. The standard InChI is InChI=1S/C15H19O4/c1-11-6-5-7-12(10-11)18-19-15(16)13-8-3-4-9-14(13)17-2/h3-4,8-9,11H,5-7,10H2,1-2H3. The van der Waals surface area contributed by atoms with Crippen LogP contribution < -0.4 is 4.74 Å². The average Bonchev–Trinajstić information content (AvgIpc) is 2.45. The van der Waals surface area contributed by atoms with Crippen LogP contribution in [0.1, 0.15) is 43.0 Å². The Balaban J connectivity index is 1.90. The summed E-state index contributed by atoms with van der Waals surface area (Å²) >= 11 is 0. The predicted octanol–water partition coefficient (Wildman–Crippen LogP) is 3.53. The molecule has 2 rings (SSSR count). The van der Waals surface area contributed by atoms with E-state index in [0.29, 0.717) is 17.2 Å². The first-order valence-corrected chi connectivity index (χ1v) is 6.57. The fourth-order valence-electron chi connectivity index (χ4n) is 2.27. The largest absolute Gasteiger partial charge is 0.496 e. The quantitative estimate of drug-likeness (QED) is 0.616. The molecule has 0 amide bonds. The van der Waals surface area contributed by atoms with Gasteiger partial charge in [0.1, 0.15) is 17.4 Å². The SMILES string of the molecule is COc1ccccc1C(=O)OO[C]1CCCC(C)C1. The Morgan fingerprint density at radius 3 is 2.84 bits per heavy atom. The Labute approximate surface area is 113 Å². The van der Waals surface area contributed by atoms with Gasteiger partial charge in [-0.2, -0.15) is 4.89 Å². The zero-order valence-corrected chi connectivity index (χ0v) is 11.3. The number of rotatable bonds is 4. The topological polar surface area (TPSA) is 44.8 Å². The summed E-state index contributed by atoms with van der Waals surface area (Å²) in [5, 5.41) is 0. The molecule has 1 aromatic rings. The molecule has 0 heterocycles. The lowest BCUT2D eigenvalue weighted by Crippen LogP contribution is -2.17. The molecule has 1 aromatic carbocycles. The van der Waals surface area contributed by atoms with E-state index in [9.17, 15) is 4.79 Å². The first kappa shape index (κ1) is 13.9. The molecule has 1 radical (unpaired) electrons. The molecule has 0 aliphatic heterocycles. The van der Waals surface area contributed by atoms with Crippen molar-refractivity contribution >= 4 is 5.97 Å². The van der Waals surface area contributed by atoms with Crippen molar-refractivity contribution in [2.24, 2.45) is 5.92 Å². The maximum atomic E-state index is 11.9. The molecule has 4 heteroatoms. The maximum absolute atomic E-state index is 11.9. The number of carbonyl (C=O) groups is 1. The normalized spacial score (nSPS) is 20.0. The summed E-state index contributed by atoms with van der Waals surface area (Å²) in [4.78, 5) is 22.0. The minimum absolute atomic E-state index is 0.370. The van der Waals surface area contributed by atoms with Gasteiger partial charge in [-0.1, -0.05) is 31.9 Å². The Hall–Kier alpha value is -1.55. The third-order valence-electron chi connectivity index (χ3n) is 3.29. The second-order valence-corrected chi connectivity index (χ2v) is 4.89. The summed E-state index contributed by atoms with van der Waals surface area (Å²) in [6, 6.07) is 6.92. The zero-order chi connectivity index (χ0) is 13.7. The van der Waals surface area contributed by atoms with E-state index in [4.69, 9.17) is 14.5 Å². The molecule has 0 N–H and O–H groups in total. The first-order chi connectivity index (χ1) is 9.20. The Morgan fingerprint density at radius 2 is 2.11 bits per heavy atom. The average molecular weight is 263 g/mol. The highest BCUT2D eigenvalue weighted by Crippen LogP contribution is 2.31. The molecule has 1 atom stereocenters. The van der Waals surface area contributed by atoms with Crippen LogP contribution in [-0.2, 0) is 9.78 Å². The monoisotopic (exact) mass is 263 g/mol. The van der Waals surface area contributed by atoms with Crippen molar-refractivity contribution in [1.29, 1.82) is 0 Å². The van der Waals surface area contributed by atoms with E-state index in [0.717, 1.165) is 25.4 Å². The second-order valence-electron chi connectivity index (χ2n) is 4.89. The van der Waals surface area contributed by atoms with Gasteiger partial charge in [0.15, 0.2) is 0 Å². The third kappa shape index (κ3) is 3.70. The summed E-state index contributed by atoms with van der Waals surface area (Å²) in [5.74, 6) is 0.551. The first-order valence-electron chi connectivity index (χ1n) is 6.57. The van der Waals surface area contributed by atoms with Gasteiger partial charge in [0.2, 0.25) is 0 Å². The molecular formula is C15H19O4. The molecule has 1 unspecified atom stereocenters. The van der Waals surface area contributed by atoms with Gasteiger partial charge < -0.3 is 4.74 Å². The van der Waals surface area contributed by atoms with Crippen molar-refractivity contribution in [1.82, 2.24) is 0 Å². The van der Waals surface area contributed by atoms with Crippen LogP contribution in [0, 0.1) is 12.0 Å². The highest BCUT2D eigenvalue weighted by Gasteiger charge is 2.23. The summed E-state index contributed by atoms with van der Waals surface area (Å²) < 4.78 is 5.11. The summed E-state index contributed by atoms with van der Waals surface area (Å²) in [6.45, 7) is 2.17. The fourth-order valence-corrected chi connectivity index (χ4v) is 2.27. The molecular weight excluding hydrogens is 244 g/mol. The predicted molar refractivity (Wildman–Crippen MR) is 70.4 cm³/mol. The van der Waals surface area contributed by atoms with Crippen LogP contribution in [0.2, 0.25) is 0 Å². The molecule has 1 saturated carbocycles. The molecule has 0 aromatic heterocycles. The van der Waals surface area contributed by atoms with E-state index in [2.05, 4.69) is 6.92 Å². The number of ether oxygens (including phenoxy) is 1. The van der Waals surface area contributed by atoms with E-state index in [1.807, 2.05) is 0 Å². The second kappa shape index (κ2) is 6.57. The van der Waals surface area contributed by atoms with E-state index in [1.54, 1.807) is 24.3 Å². The minimum atomic E-state index is -0.525. The van der Waals surface area contributed by atoms with Crippen LogP contribution >= 0.6 is 0 Å². The van der Waals surface area contributed by atoms with Crippen LogP contribution in [0.3, 0.4) is 0 Å². The van der Waals surface area contributed by atoms with Gasteiger partial charge in [0.25, 0.3) is 0 Å². The molecule has 0 bridgehead atoms. The molecule has 19 heavy (non-hydrogen) atoms. The summed E-state index contributed by atoms with van der Waals surface area (Å²) in [7, 11) is 1.52. The Kier molecular flexibility index (Phi) is 4.80. The highest BCUT2D eigenvalue weighted by molar-refractivity contribution is 5.92. The van der Waals surface area contributed by atoms with Gasteiger partial charge in [-0.25, -0.2) is 4.79 Å². The van der Waals surface area contributed by atoms with Crippen LogP contribution in [-0.4, -0.2) is 13.1 Å². The van der Waals surface area contributed by atoms with Crippen molar-refractivity contribution < 1.29 is 19.3 Å².